The molecule has 5 nitrogen and oxygen atoms in total. The Bertz CT molecular complexity index is 1050. The lowest BCUT2D eigenvalue weighted by Gasteiger charge is -2.13. The quantitative estimate of drug-likeness (QED) is 0.223. The van der Waals surface area contributed by atoms with Crippen molar-refractivity contribution in [2.24, 2.45) is 28.8 Å². The van der Waals surface area contributed by atoms with E-state index in [4.69, 9.17) is 4.74 Å². The maximum absolute atomic E-state index is 12.7. The average Bonchev–Trinajstić information content (AvgIpc) is 3.41. The van der Waals surface area contributed by atoms with E-state index in [1.165, 1.54) is 0 Å². The summed E-state index contributed by atoms with van der Waals surface area (Å²) in [5.74, 6) is 0.392. The second kappa shape index (κ2) is 7.92. The summed E-state index contributed by atoms with van der Waals surface area (Å²) in [5, 5.41) is 5.32. The van der Waals surface area contributed by atoms with Crippen LogP contribution in [0.15, 0.2) is 64.2 Å². The molecule has 2 aliphatic carbocycles. The van der Waals surface area contributed by atoms with E-state index in [0.717, 1.165) is 36.3 Å². The van der Waals surface area contributed by atoms with E-state index in [0.29, 0.717) is 6.61 Å². The molecule has 1 saturated heterocycles. The number of halogens is 2. The first-order valence-corrected chi connectivity index (χ1v) is 11.7. The van der Waals surface area contributed by atoms with Crippen LogP contribution in [0.1, 0.15) is 17.5 Å². The third-order valence-corrected chi connectivity index (χ3v) is 7.40. The molecular weight excluding hydrogens is 559 g/mol. The zero-order valence-electron chi connectivity index (χ0n) is 15.9. The van der Waals surface area contributed by atoms with Crippen LogP contribution in [0.25, 0.3) is 0 Å². The van der Waals surface area contributed by atoms with Crippen LogP contribution in [0, 0.1) is 27.2 Å². The highest BCUT2D eigenvalue weighted by Crippen LogP contribution is 2.52. The van der Waals surface area contributed by atoms with Crippen molar-refractivity contribution >= 4 is 56.5 Å². The normalized spacial score (nSPS) is 26.8. The van der Waals surface area contributed by atoms with Crippen LogP contribution < -0.4 is 4.74 Å². The number of ether oxygens (including phenoxy) is 1. The van der Waals surface area contributed by atoms with Gasteiger partial charge in [-0.2, -0.15) is 10.1 Å². The van der Waals surface area contributed by atoms with Gasteiger partial charge in [-0.05, 0) is 82.3 Å². The number of imide groups is 1. The number of carbonyl (C=O) groups is 2. The molecule has 1 saturated carbocycles. The molecule has 5 rings (SSSR count). The summed E-state index contributed by atoms with van der Waals surface area (Å²) in [7, 11) is 0. The molecule has 1 heterocycles. The van der Waals surface area contributed by atoms with E-state index in [1.807, 2.05) is 42.5 Å². The van der Waals surface area contributed by atoms with Crippen molar-refractivity contribution in [1.82, 2.24) is 5.01 Å². The Morgan fingerprint density at radius 1 is 1.07 bits per heavy atom. The van der Waals surface area contributed by atoms with Crippen LogP contribution >= 0.6 is 38.5 Å². The minimum absolute atomic E-state index is 0.165. The molecule has 30 heavy (non-hydrogen) atoms. The highest BCUT2D eigenvalue weighted by molar-refractivity contribution is 14.1. The number of hydrazone groups is 1. The van der Waals surface area contributed by atoms with Crippen molar-refractivity contribution in [3.05, 3.63) is 73.8 Å². The van der Waals surface area contributed by atoms with Crippen LogP contribution in [-0.4, -0.2) is 23.0 Å². The predicted molar refractivity (Wildman–Crippen MR) is 125 cm³/mol. The van der Waals surface area contributed by atoms with Gasteiger partial charge in [0, 0.05) is 4.47 Å². The third-order valence-electron chi connectivity index (χ3n) is 6.03. The van der Waals surface area contributed by atoms with Gasteiger partial charge in [-0.1, -0.05) is 40.2 Å². The Balaban J connectivity index is 1.26. The molecule has 0 unspecified atom stereocenters. The van der Waals surface area contributed by atoms with Gasteiger partial charge in [0.2, 0.25) is 0 Å². The summed E-state index contributed by atoms with van der Waals surface area (Å²) < 4.78 is 7.89. The molecule has 2 amide bonds. The second-order valence-electron chi connectivity index (χ2n) is 7.84. The highest BCUT2D eigenvalue weighted by atomic mass is 127. The number of benzene rings is 2. The van der Waals surface area contributed by atoms with Gasteiger partial charge in [-0.15, -0.1) is 0 Å². The number of hydrogen-bond donors (Lipinski definition) is 0. The number of fused-ring (bicyclic) bond motifs is 5. The van der Waals surface area contributed by atoms with Crippen molar-refractivity contribution in [1.29, 1.82) is 0 Å². The Hall–Kier alpha value is -2.00. The molecule has 152 valence electrons. The maximum atomic E-state index is 12.7. The van der Waals surface area contributed by atoms with Crippen molar-refractivity contribution in [3.63, 3.8) is 0 Å². The fourth-order valence-electron chi connectivity index (χ4n) is 4.58. The van der Waals surface area contributed by atoms with Crippen molar-refractivity contribution < 1.29 is 14.3 Å². The SMILES string of the molecule is O=C1[C@@H]2[C@H](C(=O)N1N=Cc1ccc(OCc3ccc(Br)cc3)c(I)c1)[C@H]1C=C[C@H]2C1. The zero-order valence-corrected chi connectivity index (χ0v) is 19.6. The topological polar surface area (TPSA) is 59.0 Å². The average molecular weight is 577 g/mol. The molecular formula is C23H18BrIN2O3. The number of hydrogen-bond acceptors (Lipinski definition) is 4. The first-order valence-electron chi connectivity index (χ1n) is 9.78. The number of allylic oxidation sites excluding steroid dienone is 2. The van der Waals surface area contributed by atoms with Crippen LogP contribution in [0.4, 0.5) is 0 Å². The Morgan fingerprint density at radius 3 is 2.37 bits per heavy atom. The first-order chi connectivity index (χ1) is 14.5. The van der Waals surface area contributed by atoms with Crippen LogP contribution in [0.5, 0.6) is 5.75 Å². The summed E-state index contributed by atoms with van der Waals surface area (Å²) in [4.78, 5) is 25.4. The minimum atomic E-state index is -0.223. The largest absolute Gasteiger partial charge is 0.488 e. The monoisotopic (exact) mass is 576 g/mol. The molecule has 0 radical (unpaired) electrons. The number of rotatable bonds is 5. The molecule has 3 aliphatic rings. The molecule has 0 aromatic heterocycles. The van der Waals surface area contributed by atoms with E-state index in [9.17, 15) is 9.59 Å². The lowest BCUT2D eigenvalue weighted by molar-refractivity contribution is -0.140. The standard InChI is InChI=1S/C23H18BrIN2O3/c24-17-6-1-13(2-7-17)12-30-19-8-3-14(9-18(19)25)11-26-27-22(28)20-15-4-5-16(10-15)21(20)23(27)29/h1-9,11,15-16,20-21H,10,12H2/t15-,16-,20-,21+/m0/s1. The summed E-state index contributed by atoms with van der Waals surface area (Å²) in [6.07, 6.45) is 6.66. The zero-order chi connectivity index (χ0) is 20.8. The predicted octanol–water partition coefficient (Wildman–Crippen LogP) is 4.77. The van der Waals surface area contributed by atoms with E-state index in [2.05, 4.69) is 55.8 Å². The molecule has 0 N–H and O–H groups in total. The Kier molecular flexibility index (Phi) is 5.26. The van der Waals surface area contributed by atoms with Gasteiger partial charge in [0.1, 0.15) is 12.4 Å². The fourth-order valence-corrected chi connectivity index (χ4v) is 5.54. The minimum Gasteiger partial charge on any atom is -0.488 e. The summed E-state index contributed by atoms with van der Waals surface area (Å²) in [5.41, 5.74) is 1.90. The molecule has 0 spiro atoms. The van der Waals surface area contributed by atoms with Crippen LogP contribution in [-0.2, 0) is 16.2 Å². The first kappa shape index (κ1) is 19.9. The fraction of sp³-hybridized carbons (Fsp3) is 0.261. The van der Waals surface area contributed by atoms with E-state index in [-0.39, 0.29) is 35.5 Å². The smallest absolute Gasteiger partial charge is 0.254 e. The third kappa shape index (κ3) is 3.51. The molecule has 7 heteroatoms. The van der Waals surface area contributed by atoms with E-state index >= 15 is 0 Å². The van der Waals surface area contributed by atoms with Gasteiger partial charge in [0.25, 0.3) is 11.8 Å². The van der Waals surface area contributed by atoms with Crippen LogP contribution in [0.2, 0.25) is 0 Å². The molecule has 4 atom stereocenters. The lowest BCUT2D eigenvalue weighted by atomic mass is 9.85. The Labute approximate surface area is 196 Å². The van der Waals surface area contributed by atoms with E-state index < -0.39 is 0 Å². The lowest BCUT2D eigenvalue weighted by Crippen LogP contribution is -2.28. The second-order valence-corrected chi connectivity index (χ2v) is 9.92. The number of amides is 2. The van der Waals surface area contributed by atoms with Gasteiger partial charge >= 0.3 is 0 Å². The van der Waals surface area contributed by atoms with Crippen molar-refractivity contribution in [2.75, 3.05) is 0 Å². The summed E-state index contributed by atoms with van der Waals surface area (Å²) in [6, 6.07) is 13.7. The maximum Gasteiger partial charge on any atom is 0.254 e. The van der Waals surface area contributed by atoms with Gasteiger partial charge in [0.05, 0.1) is 21.6 Å². The van der Waals surface area contributed by atoms with Crippen LogP contribution in [0.3, 0.4) is 0 Å². The number of carbonyl (C=O) groups excluding carboxylic acids is 2. The van der Waals surface area contributed by atoms with Gasteiger partial charge < -0.3 is 4.74 Å². The van der Waals surface area contributed by atoms with Gasteiger partial charge in [0.15, 0.2) is 0 Å². The van der Waals surface area contributed by atoms with Gasteiger partial charge in [-0.25, -0.2) is 0 Å². The molecule has 2 fully saturated rings. The van der Waals surface area contributed by atoms with Crippen molar-refractivity contribution in [3.8, 4) is 5.75 Å². The molecule has 2 bridgehead atoms. The van der Waals surface area contributed by atoms with E-state index in [1.54, 1.807) is 6.21 Å². The summed E-state index contributed by atoms with van der Waals surface area (Å²) >= 11 is 5.64. The van der Waals surface area contributed by atoms with Crippen molar-refractivity contribution in [2.45, 2.75) is 13.0 Å². The molecule has 2 aromatic carbocycles. The molecule has 1 aliphatic heterocycles. The highest BCUT2D eigenvalue weighted by Gasteiger charge is 2.59. The van der Waals surface area contributed by atoms with Gasteiger partial charge in [-0.3, -0.25) is 9.59 Å². The summed E-state index contributed by atoms with van der Waals surface area (Å²) in [6.45, 7) is 0.479. The molecule has 2 aromatic rings. The number of nitrogens with zero attached hydrogens (tertiary/aromatic N) is 2. The Morgan fingerprint density at radius 2 is 1.73 bits per heavy atom.